The second-order valence-electron chi connectivity index (χ2n) is 12.4. The predicted octanol–water partition coefficient (Wildman–Crippen LogP) is 11.2. The summed E-state index contributed by atoms with van der Waals surface area (Å²) >= 11 is 0. The Labute approximate surface area is 280 Å². The Morgan fingerprint density at radius 2 is 1.10 bits per heavy atom. The highest BCUT2D eigenvalue weighted by Crippen LogP contribution is 2.42. The molecule has 0 atom stereocenters. The van der Waals surface area contributed by atoms with Gasteiger partial charge in [0.25, 0.3) is 0 Å². The quantitative estimate of drug-likeness (QED) is 0.196. The number of hydrogen-bond donors (Lipinski definition) is 0. The number of benzene rings is 7. The number of fused-ring (bicyclic) bond motifs is 10. The summed E-state index contributed by atoms with van der Waals surface area (Å²) in [5.41, 5.74) is 10.3. The van der Waals surface area contributed by atoms with E-state index in [1.807, 2.05) is 66.7 Å². The third-order valence-electron chi connectivity index (χ3n) is 9.75. The fourth-order valence-corrected chi connectivity index (χ4v) is 7.69. The number of para-hydroxylation sites is 4. The number of furan rings is 1. The Morgan fingerprint density at radius 1 is 0.469 bits per heavy atom. The molecule has 0 spiro atoms. The SMILES string of the molecule is N#Cc1cc(-c2ccc(-n3c4ccccc4c4ccc5oc6ccccc6c5c43)c(C#N)c2)cc(-n2c3ccccc3c3ccccc32)c1. The van der Waals surface area contributed by atoms with Gasteiger partial charge in [-0.3, -0.25) is 0 Å². The molecule has 0 aliphatic rings. The van der Waals surface area contributed by atoms with Crippen LogP contribution in [0.3, 0.4) is 0 Å². The highest BCUT2D eigenvalue weighted by Gasteiger charge is 2.21. The molecule has 5 nitrogen and oxygen atoms in total. The fraction of sp³-hybridized carbons (Fsp3) is 0. The average molecular weight is 625 g/mol. The number of hydrogen-bond acceptors (Lipinski definition) is 3. The van der Waals surface area contributed by atoms with Gasteiger partial charge >= 0.3 is 0 Å². The first-order valence-electron chi connectivity index (χ1n) is 16.1. The number of nitriles is 2. The summed E-state index contributed by atoms with van der Waals surface area (Å²) in [6.07, 6.45) is 0. The fourth-order valence-electron chi connectivity index (χ4n) is 7.69. The van der Waals surface area contributed by atoms with Crippen LogP contribution in [0.25, 0.3) is 88.1 Å². The van der Waals surface area contributed by atoms with Crippen molar-refractivity contribution in [3.63, 3.8) is 0 Å². The molecule has 0 aliphatic carbocycles. The zero-order chi connectivity index (χ0) is 32.6. The van der Waals surface area contributed by atoms with Crippen LogP contribution < -0.4 is 0 Å². The lowest BCUT2D eigenvalue weighted by Crippen LogP contribution is -1.99. The van der Waals surface area contributed by atoms with Crippen LogP contribution in [0.4, 0.5) is 0 Å². The third-order valence-corrected chi connectivity index (χ3v) is 9.75. The van der Waals surface area contributed by atoms with Gasteiger partial charge < -0.3 is 13.6 Å². The Balaban J connectivity index is 1.22. The highest BCUT2D eigenvalue weighted by molar-refractivity contribution is 6.24. The van der Waals surface area contributed by atoms with Crippen molar-refractivity contribution in [2.24, 2.45) is 0 Å². The minimum Gasteiger partial charge on any atom is -0.456 e. The molecule has 0 saturated heterocycles. The van der Waals surface area contributed by atoms with E-state index in [0.29, 0.717) is 11.1 Å². The van der Waals surface area contributed by atoms with Crippen molar-refractivity contribution >= 4 is 65.6 Å². The minimum atomic E-state index is 0.533. The zero-order valence-electron chi connectivity index (χ0n) is 26.1. The van der Waals surface area contributed by atoms with Crippen molar-refractivity contribution < 1.29 is 4.42 Å². The van der Waals surface area contributed by atoms with Crippen molar-refractivity contribution in [2.45, 2.75) is 0 Å². The maximum absolute atomic E-state index is 10.7. The van der Waals surface area contributed by atoms with Gasteiger partial charge in [-0.05, 0) is 77.9 Å². The van der Waals surface area contributed by atoms with Crippen LogP contribution in [0, 0.1) is 22.7 Å². The number of nitrogens with zero attached hydrogens (tertiary/aromatic N) is 4. The Kier molecular flexibility index (Phi) is 5.64. The van der Waals surface area contributed by atoms with Crippen molar-refractivity contribution in [3.05, 3.63) is 157 Å². The van der Waals surface area contributed by atoms with E-state index in [1.165, 1.54) is 0 Å². The first kappa shape index (κ1) is 27.1. The molecule has 49 heavy (non-hydrogen) atoms. The van der Waals surface area contributed by atoms with E-state index in [4.69, 9.17) is 4.42 Å². The van der Waals surface area contributed by atoms with Crippen LogP contribution in [0.15, 0.2) is 150 Å². The maximum Gasteiger partial charge on any atom is 0.137 e. The summed E-state index contributed by atoms with van der Waals surface area (Å²) in [4.78, 5) is 0. The second-order valence-corrected chi connectivity index (χ2v) is 12.4. The highest BCUT2D eigenvalue weighted by atomic mass is 16.3. The molecule has 0 bridgehead atoms. The molecular formula is C44H24N4O. The summed E-state index contributed by atoms with van der Waals surface area (Å²) in [5, 5.41) is 27.4. The molecule has 0 radical (unpaired) electrons. The normalized spacial score (nSPS) is 11.6. The van der Waals surface area contributed by atoms with Gasteiger partial charge in [0.2, 0.25) is 0 Å². The van der Waals surface area contributed by atoms with Crippen LogP contribution in [0.2, 0.25) is 0 Å². The Hall–Kier alpha value is -7.08. The van der Waals surface area contributed by atoms with Crippen LogP contribution >= 0.6 is 0 Å². The van der Waals surface area contributed by atoms with E-state index in [-0.39, 0.29) is 0 Å². The third kappa shape index (κ3) is 3.85. The van der Waals surface area contributed by atoms with Crippen molar-refractivity contribution in [2.75, 3.05) is 0 Å². The summed E-state index contributed by atoms with van der Waals surface area (Å²) in [6, 6.07) is 54.1. The monoisotopic (exact) mass is 624 g/mol. The van der Waals surface area contributed by atoms with Crippen LogP contribution in [0.1, 0.15) is 11.1 Å². The molecule has 10 rings (SSSR count). The molecule has 0 fully saturated rings. The van der Waals surface area contributed by atoms with Gasteiger partial charge in [0.1, 0.15) is 17.2 Å². The van der Waals surface area contributed by atoms with Gasteiger partial charge in [-0.1, -0.05) is 78.9 Å². The van der Waals surface area contributed by atoms with Gasteiger partial charge in [-0.2, -0.15) is 10.5 Å². The molecule has 10 aromatic rings. The topological polar surface area (TPSA) is 70.6 Å². The molecule has 0 saturated carbocycles. The molecule has 0 aliphatic heterocycles. The molecular weight excluding hydrogens is 601 g/mol. The van der Waals surface area contributed by atoms with E-state index in [1.54, 1.807) is 0 Å². The Morgan fingerprint density at radius 3 is 1.80 bits per heavy atom. The molecule has 0 amide bonds. The predicted molar refractivity (Wildman–Crippen MR) is 197 cm³/mol. The van der Waals surface area contributed by atoms with Crippen molar-refractivity contribution in [1.29, 1.82) is 10.5 Å². The smallest absolute Gasteiger partial charge is 0.137 e. The van der Waals surface area contributed by atoms with Crippen LogP contribution in [-0.4, -0.2) is 9.13 Å². The van der Waals surface area contributed by atoms with E-state index in [2.05, 4.69) is 100 Å². The number of aromatic nitrogens is 2. The van der Waals surface area contributed by atoms with E-state index in [9.17, 15) is 10.5 Å². The van der Waals surface area contributed by atoms with Gasteiger partial charge in [-0.15, -0.1) is 0 Å². The second kappa shape index (κ2) is 10.2. The lowest BCUT2D eigenvalue weighted by atomic mass is 9.99. The van der Waals surface area contributed by atoms with E-state index in [0.717, 1.165) is 88.1 Å². The zero-order valence-corrected chi connectivity index (χ0v) is 26.1. The molecule has 226 valence electrons. The molecule has 0 unspecified atom stereocenters. The van der Waals surface area contributed by atoms with Crippen molar-refractivity contribution in [3.8, 4) is 34.6 Å². The molecule has 3 heterocycles. The van der Waals surface area contributed by atoms with E-state index < -0.39 is 0 Å². The summed E-state index contributed by atoms with van der Waals surface area (Å²) in [5.74, 6) is 0. The maximum atomic E-state index is 10.7. The molecule has 5 heteroatoms. The Bertz CT molecular complexity index is 3030. The summed E-state index contributed by atoms with van der Waals surface area (Å²) in [7, 11) is 0. The van der Waals surface area contributed by atoms with Crippen LogP contribution in [0.5, 0.6) is 0 Å². The first-order chi connectivity index (χ1) is 24.2. The largest absolute Gasteiger partial charge is 0.456 e. The van der Waals surface area contributed by atoms with Gasteiger partial charge in [0, 0.05) is 32.6 Å². The van der Waals surface area contributed by atoms with Gasteiger partial charge in [0.15, 0.2) is 0 Å². The van der Waals surface area contributed by atoms with Gasteiger partial charge in [0.05, 0.1) is 50.3 Å². The van der Waals surface area contributed by atoms with Gasteiger partial charge in [-0.25, -0.2) is 0 Å². The molecule has 7 aromatic carbocycles. The summed E-state index contributed by atoms with van der Waals surface area (Å²) < 4.78 is 10.7. The van der Waals surface area contributed by atoms with Crippen molar-refractivity contribution in [1.82, 2.24) is 9.13 Å². The summed E-state index contributed by atoms with van der Waals surface area (Å²) in [6.45, 7) is 0. The lowest BCUT2D eigenvalue weighted by Gasteiger charge is -2.14. The molecule has 3 aromatic heterocycles. The minimum absolute atomic E-state index is 0.533. The standard InChI is InChI=1S/C44H24N4O/c45-25-27-21-29(24-31(22-27)47-38-13-5-1-9-32(38)33-10-2-6-14-39(33)47)28-17-19-37(30(23-28)26-46)48-40-15-7-3-11-34(40)35-18-20-42-43(44(35)48)36-12-4-8-16-41(36)49-42/h1-24H. The van der Waals surface area contributed by atoms with Crippen LogP contribution in [-0.2, 0) is 0 Å². The molecule has 0 N–H and O–H groups in total. The lowest BCUT2D eigenvalue weighted by molar-refractivity contribution is 0.669. The first-order valence-corrected chi connectivity index (χ1v) is 16.1. The van der Waals surface area contributed by atoms with E-state index >= 15 is 0 Å². The average Bonchev–Trinajstić information content (AvgIpc) is 3.82. The number of rotatable bonds is 3.